The van der Waals surface area contributed by atoms with E-state index in [0.717, 1.165) is 0 Å². The predicted molar refractivity (Wildman–Crippen MR) is 52.7 cm³/mol. The van der Waals surface area contributed by atoms with Gasteiger partial charge in [0.25, 0.3) is 0 Å². The van der Waals surface area contributed by atoms with Gasteiger partial charge in [-0.15, -0.1) is 0 Å². The van der Waals surface area contributed by atoms with E-state index in [4.69, 9.17) is 0 Å². The maximum Gasteiger partial charge on any atom is 3.00 e. The van der Waals surface area contributed by atoms with Crippen LogP contribution in [0.25, 0.3) is 0 Å². The molecule has 7 heteroatoms. The van der Waals surface area contributed by atoms with Gasteiger partial charge in [-0.3, -0.25) is 0 Å². The maximum absolute atomic E-state index is 3.61. The minimum atomic E-state index is 0. The van der Waals surface area contributed by atoms with Crippen LogP contribution in [-0.2, 0) is 22.4 Å². The Morgan fingerprint density at radius 3 is 0.938 bits per heavy atom. The van der Waals surface area contributed by atoms with Crippen LogP contribution in [0.4, 0.5) is 0 Å². The van der Waals surface area contributed by atoms with Crippen molar-refractivity contribution in [2.75, 3.05) is 0 Å². The average molecular weight is 398 g/mol. The van der Waals surface area contributed by atoms with E-state index in [1.807, 2.05) is 0 Å². The number of hydrogen-bond donors (Lipinski definition) is 0. The Morgan fingerprint density at radius 2 is 0.875 bits per heavy atom. The second-order valence-electron chi connectivity index (χ2n) is 2.14. The van der Waals surface area contributed by atoms with Crippen molar-refractivity contribution in [3.8, 4) is 0 Å². The van der Waals surface area contributed by atoms with Crippen molar-refractivity contribution >= 4 is 0 Å². The van der Waals surface area contributed by atoms with Gasteiger partial charge in [0.2, 0.25) is 0 Å². The van der Waals surface area contributed by atoms with Crippen molar-refractivity contribution < 1.29 is 22.4 Å². The van der Waals surface area contributed by atoms with Crippen molar-refractivity contribution in [3.05, 3.63) is 56.2 Å². The zero-order chi connectivity index (χ0) is 10.6. The van der Waals surface area contributed by atoms with Gasteiger partial charge in [0.15, 0.2) is 0 Å². The van der Waals surface area contributed by atoms with Crippen LogP contribution in [0.15, 0.2) is 56.2 Å². The van der Waals surface area contributed by atoms with Crippen LogP contribution in [0.3, 0.4) is 0 Å². The van der Waals surface area contributed by atoms with Crippen LogP contribution < -0.4 is 15.0 Å². The smallest absolute Gasteiger partial charge is 0.450 e. The topological polar surface area (TPSA) is 81.0 Å². The molecule has 3 aromatic rings. The third kappa shape index (κ3) is 8.95. The summed E-state index contributed by atoms with van der Waals surface area (Å²) in [4.78, 5) is 21.7. The average Bonchev–Trinajstić information content (AvgIpc) is 3.09. The number of nitrogens with zero attached hydrogens (tertiary/aromatic N) is 6. The normalized spacial score (nSPS) is 7.50. The second-order valence-corrected chi connectivity index (χ2v) is 2.14. The molecule has 6 nitrogen and oxygen atoms in total. The molecule has 0 fully saturated rings. The zero-order valence-electron chi connectivity index (χ0n) is 8.18. The van der Waals surface area contributed by atoms with Crippen molar-refractivity contribution in [2.24, 2.45) is 0 Å². The summed E-state index contributed by atoms with van der Waals surface area (Å²) in [6, 6.07) is 0. The molecular weight excluding hydrogens is 389 g/mol. The van der Waals surface area contributed by atoms with Gasteiger partial charge in [0.1, 0.15) is 0 Å². The van der Waals surface area contributed by atoms with E-state index in [-0.39, 0.29) is 22.4 Å². The molecule has 3 rings (SSSR count). The Morgan fingerprint density at radius 1 is 0.562 bits per heavy atom. The Bertz CT molecular complexity index is 252. The summed E-state index contributed by atoms with van der Waals surface area (Å²) in [6.07, 6.45) is 14.3. The van der Waals surface area contributed by atoms with Gasteiger partial charge < -0.3 is 29.9 Å². The fraction of sp³-hybridized carbons (Fsp3) is 0. The van der Waals surface area contributed by atoms with E-state index in [1.165, 1.54) is 19.0 Å². The van der Waals surface area contributed by atoms with Crippen LogP contribution in [0, 0.1) is 0 Å². The molecular formula is C9H9AuN6. The largest absolute Gasteiger partial charge is 3.00 e. The maximum atomic E-state index is 3.61. The van der Waals surface area contributed by atoms with E-state index < -0.39 is 0 Å². The third-order valence-corrected chi connectivity index (χ3v) is 1.12. The van der Waals surface area contributed by atoms with Gasteiger partial charge in [-0.2, -0.15) is 0 Å². The first kappa shape index (κ1) is 14.4. The number of aromatic nitrogens is 6. The first-order valence-corrected chi connectivity index (χ1v) is 4.10. The Balaban J connectivity index is 0.000000205. The molecule has 0 aliphatic heterocycles. The molecule has 0 saturated heterocycles. The summed E-state index contributed by atoms with van der Waals surface area (Å²) in [5, 5.41) is 0. The fourth-order valence-corrected chi connectivity index (χ4v) is 0.577. The molecule has 3 heterocycles. The van der Waals surface area contributed by atoms with Gasteiger partial charge in [-0.1, -0.05) is 56.2 Å². The van der Waals surface area contributed by atoms with E-state index in [9.17, 15) is 0 Å². The second kappa shape index (κ2) is 11.4. The first-order valence-electron chi connectivity index (χ1n) is 4.10. The van der Waals surface area contributed by atoms with Crippen LogP contribution in [-0.4, -0.2) is 15.0 Å². The molecule has 0 saturated carbocycles. The summed E-state index contributed by atoms with van der Waals surface area (Å²) >= 11 is 0. The quantitative estimate of drug-likeness (QED) is 0.501. The SMILES string of the molecule is [Au+3].c1c[n-]cn1.c1c[n-]cn1.c1c[n-]cn1. The number of imidazole rings is 3. The Kier molecular flexibility index (Phi) is 10.3. The number of rotatable bonds is 0. The van der Waals surface area contributed by atoms with Crippen LogP contribution in [0.2, 0.25) is 0 Å². The van der Waals surface area contributed by atoms with Crippen molar-refractivity contribution in [3.63, 3.8) is 0 Å². The first-order chi connectivity index (χ1) is 7.50. The van der Waals surface area contributed by atoms with Gasteiger partial charge in [0.05, 0.1) is 0 Å². The number of hydrogen-bond acceptors (Lipinski definition) is 3. The van der Waals surface area contributed by atoms with Crippen LogP contribution >= 0.6 is 0 Å². The zero-order valence-corrected chi connectivity index (χ0v) is 10.3. The molecule has 0 amide bonds. The molecule has 0 spiro atoms. The van der Waals surface area contributed by atoms with Crippen molar-refractivity contribution in [1.29, 1.82) is 0 Å². The molecule has 0 unspecified atom stereocenters. The molecule has 0 aliphatic rings. The van der Waals surface area contributed by atoms with E-state index in [1.54, 1.807) is 37.2 Å². The summed E-state index contributed by atoms with van der Waals surface area (Å²) in [5.41, 5.74) is 0. The van der Waals surface area contributed by atoms with Gasteiger partial charge in [-0.05, 0) is 0 Å². The molecule has 16 heavy (non-hydrogen) atoms. The molecule has 3 aromatic heterocycles. The van der Waals surface area contributed by atoms with Crippen molar-refractivity contribution in [2.45, 2.75) is 0 Å². The fourth-order valence-electron chi connectivity index (χ4n) is 0.577. The van der Waals surface area contributed by atoms with Gasteiger partial charge in [-0.25, -0.2) is 0 Å². The third-order valence-electron chi connectivity index (χ3n) is 1.12. The monoisotopic (exact) mass is 398 g/mol. The van der Waals surface area contributed by atoms with Crippen molar-refractivity contribution in [1.82, 2.24) is 29.9 Å². The molecule has 0 atom stereocenters. The van der Waals surface area contributed by atoms with Crippen LogP contribution in [0.5, 0.6) is 0 Å². The molecule has 0 N–H and O–H groups in total. The standard InChI is InChI=1S/3C3H3N2.Au/c3*1-2-5-3-4-1;/h3*1-3H;/q3*-1;+3. The predicted octanol–water partition coefficient (Wildman–Crippen LogP) is 0.114. The Hall–Kier alpha value is -1.63. The molecule has 0 radical (unpaired) electrons. The minimum Gasteiger partial charge on any atom is -0.450 e. The summed E-state index contributed by atoms with van der Waals surface area (Å²) < 4.78 is 0. The molecule has 86 valence electrons. The summed E-state index contributed by atoms with van der Waals surface area (Å²) in [5.74, 6) is 0. The van der Waals surface area contributed by atoms with Crippen LogP contribution in [0.1, 0.15) is 0 Å². The van der Waals surface area contributed by atoms with E-state index in [2.05, 4.69) is 29.9 Å². The molecule has 0 aromatic carbocycles. The minimum absolute atomic E-state index is 0. The molecule has 0 aliphatic carbocycles. The van der Waals surface area contributed by atoms with Gasteiger partial charge in [0, 0.05) is 0 Å². The van der Waals surface area contributed by atoms with E-state index >= 15 is 0 Å². The summed E-state index contributed by atoms with van der Waals surface area (Å²) in [6.45, 7) is 0. The molecule has 0 bridgehead atoms. The van der Waals surface area contributed by atoms with E-state index in [0.29, 0.717) is 0 Å². The Labute approximate surface area is 108 Å². The summed E-state index contributed by atoms with van der Waals surface area (Å²) in [7, 11) is 0. The van der Waals surface area contributed by atoms with Gasteiger partial charge >= 0.3 is 22.4 Å².